The predicted molar refractivity (Wildman–Crippen MR) is 87.3 cm³/mol. The van der Waals surface area contributed by atoms with E-state index in [4.69, 9.17) is 17.3 Å². The number of nitrogens with zero attached hydrogens (tertiary/aromatic N) is 1. The highest BCUT2D eigenvalue weighted by molar-refractivity contribution is 6.31. The van der Waals surface area contributed by atoms with Gasteiger partial charge in [0, 0.05) is 30.3 Å². The Balaban J connectivity index is 2.37. The van der Waals surface area contributed by atoms with Crippen LogP contribution in [0.2, 0.25) is 5.02 Å². The molecule has 112 valence electrons. The minimum atomic E-state index is -0.233. The third-order valence-electron chi connectivity index (χ3n) is 3.58. The summed E-state index contributed by atoms with van der Waals surface area (Å²) in [6.07, 6.45) is 0. The molecular formula is C17H20ClFN2. The molecule has 0 aliphatic carbocycles. The van der Waals surface area contributed by atoms with E-state index < -0.39 is 0 Å². The van der Waals surface area contributed by atoms with Crippen LogP contribution in [0.5, 0.6) is 0 Å². The molecule has 0 aliphatic rings. The maximum absolute atomic E-state index is 13.8. The van der Waals surface area contributed by atoms with Crippen LogP contribution >= 0.6 is 11.6 Å². The number of hydrogen-bond acceptors (Lipinski definition) is 2. The minimum absolute atomic E-state index is 0.225. The number of rotatable bonds is 4. The topological polar surface area (TPSA) is 29.3 Å². The summed E-state index contributed by atoms with van der Waals surface area (Å²) >= 11 is 6.20. The van der Waals surface area contributed by atoms with Crippen LogP contribution in [0.25, 0.3) is 0 Å². The second kappa shape index (κ2) is 6.46. The van der Waals surface area contributed by atoms with Crippen LogP contribution in [0.1, 0.15) is 29.7 Å². The number of aryl methyl sites for hydroxylation is 1. The summed E-state index contributed by atoms with van der Waals surface area (Å²) < 4.78 is 13.8. The van der Waals surface area contributed by atoms with Crippen LogP contribution in [0, 0.1) is 12.7 Å². The lowest BCUT2D eigenvalue weighted by molar-refractivity contribution is 0.612. The van der Waals surface area contributed by atoms with Crippen molar-refractivity contribution in [3.8, 4) is 0 Å². The average Bonchev–Trinajstić information content (AvgIpc) is 2.43. The molecule has 0 amide bonds. The molecule has 0 radical (unpaired) electrons. The van der Waals surface area contributed by atoms with Gasteiger partial charge < -0.3 is 10.6 Å². The van der Waals surface area contributed by atoms with Crippen LogP contribution in [0.3, 0.4) is 0 Å². The number of anilines is 1. The molecule has 0 fully saturated rings. The van der Waals surface area contributed by atoms with Gasteiger partial charge in [-0.1, -0.05) is 29.8 Å². The lowest BCUT2D eigenvalue weighted by atomic mass is 10.0. The smallest absolute Gasteiger partial charge is 0.126 e. The van der Waals surface area contributed by atoms with E-state index >= 15 is 0 Å². The Morgan fingerprint density at radius 1 is 1.29 bits per heavy atom. The first-order valence-corrected chi connectivity index (χ1v) is 7.28. The molecule has 2 rings (SSSR count). The standard InChI is InChI=1S/C17H20ClFN2/c1-11-8-17(14(12(2)20)9-16(11)19)21(3)10-13-6-4-5-7-15(13)18/h4-9,12H,10,20H2,1-3H3. The molecule has 0 spiro atoms. The van der Waals surface area contributed by atoms with E-state index in [9.17, 15) is 4.39 Å². The Labute approximate surface area is 130 Å². The highest BCUT2D eigenvalue weighted by atomic mass is 35.5. The molecule has 2 N–H and O–H groups in total. The Morgan fingerprint density at radius 3 is 2.57 bits per heavy atom. The zero-order chi connectivity index (χ0) is 15.6. The third kappa shape index (κ3) is 3.55. The molecule has 21 heavy (non-hydrogen) atoms. The van der Waals surface area contributed by atoms with Crippen molar-refractivity contribution in [3.63, 3.8) is 0 Å². The molecule has 2 aromatic carbocycles. The average molecular weight is 307 g/mol. The molecule has 0 aromatic heterocycles. The summed E-state index contributed by atoms with van der Waals surface area (Å²) in [5.41, 5.74) is 9.35. The van der Waals surface area contributed by atoms with Gasteiger partial charge in [-0.3, -0.25) is 0 Å². The van der Waals surface area contributed by atoms with Crippen LogP contribution < -0.4 is 10.6 Å². The predicted octanol–water partition coefficient (Wildman–Crippen LogP) is 4.44. The summed E-state index contributed by atoms with van der Waals surface area (Å²) in [4.78, 5) is 2.05. The van der Waals surface area contributed by atoms with Gasteiger partial charge >= 0.3 is 0 Å². The van der Waals surface area contributed by atoms with Crippen molar-refractivity contribution < 1.29 is 4.39 Å². The molecule has 1 unspecified atom stereocenters. The fourth-order valence-electron chi connectivity index (χ4n) is 2.34. The Morgan fingerprint density at radius 2 is 1.95 bits per heavy atom. The van der Waals surface area contributed by atoms with Crippen LogP contribution in [-0.4, -0.2) is 7.05 Å². The van der Waals surface area contributed by atoms with E-state index in [1.54, 1.807) is 6.92 Å². The van der Waals surface area contributed by atoms with Crippen molar-refractivity contribution in [1.29, 1.82) is 0 Å². The van der Waals surface area contributed by atoms with Gasteiger partial charge in [-0.25, -0.2) is 4.39 Å². The molecule has 0 saturated heterocycles. The van der Waals surface area contributed by atoms with Gasteiger partial charge in [-0.15, -0.1) is 0 Å². The number of hydrogen-bond donors (Lipinski definition) is 1. The van der Waals surface area contributed by atoms with Crippen molar-refractivity contribution in [2.75, 3.05) is 11.9 Å². The summed E-state index contributed by atoms with van der Waals surface area (Å²) in [6, 6.07) is 10.8. The Kier molecular flexibility index (Phi) is 4.86. The van der Waals surface area contributed by atoms with Crippen molar-refractivity contribution >= 4 is 17.3 Å². The lowest BCUT2D eigenvalue weighted by Crippen LogP contribution is -2.21. The van der Waals surface area contributed by atoms with Crippen molar-refractivity contribution in [1.82, 2.24) is 0 Å². The molecule has 4 heteroatoms. The van der Waals surface area contributed by atoms with Gasteiger partial charge in [0.1, 0.15) is 5.82 Å². The zero-order valence-electron chi connectivity index (χ0n) is 12.5. The van der Waals surface area contributed by atoms with E-state index in [1.165, 1.54) is 6.07 Å². The van der Waals surface area contributed by atoms with Crippen molar-refractivity contribution in [2.24, 2.45) is 5.73 Å². The van der Waals surface area contributed by atoms with Gasteiger partial charge in [0.15, 0.2) is 0 Å². The quantitative estimate of drug-likeness (QED) is 0.904. The van der Waals surface area contributed by atoms with Gasteiger partial charge in [0.2, 0.25) is 0 Å². The summed E-state index contributed by atoms with van der Waals surface area (Å²) in [6.45, 7) is 4.26. The maximum atomic E-state index is 13.8. The lowest BCUT2D eigenvalue weighted by Gasteiger charge is -2.25. The van der Waals surface area contributed by atoms with Gasteiger partial charge in [0.25, 0.3) is 0 Å². The van der Waals surface area contributed by atoms with Crippen molar-refractivity contribution in [3.05, 3.63) is 63.9 Å². The second-order valence-corrected chi connectivity index (χ2v) is 5.80. The largest absolute Gasteiger partial charge is 0.370 e. The van der Waals surface area contributed by atoms with E-state index in [0.29, 0.717) is 12.1 Å². The highest BCUT2D eigenvalue weighted by Crippen LogP contribution is 2.29. The highest BCUT2D eigenvalue weighted by Gasteiger charge is 2.15. The van der Waals surface area contributed by atoms with E-state index in [0.717, 1.165) is 21.8 Å². The maximum Gasteiger partial charge on any atom is 0.126 e. The SMILES string of the molecule is Cc1cc(N(C)Cc2ccccc2Cl)c(C(C)N)cc1F. The first-order chi connectivity index (χ1) is 9.90. The molecule has 0 bridgehead atoms. The van der Waals surface area contributed by atoms with E-state index in [-0.39, 0.29) is 11.9 Å². The second-order valence-electron chi connectivity index (χ2n) is 5.40. The minimum Gasteiger partial charge on any atom is -0.370 e. The van der Waals surface area contributed by atoms with Gasteiger partial charge in [-0.2, -0.15) is 0 Å². The fourth-order valence-corrected chi connectivity index (χ4v) is 2.54. The molecular weight excluding hydrogens is 287 g/mol. The first kappa shape index (κ1) is 15.8. The van der Waals surface area contributed by atoms with Crippen LogP contribution in [-0.2, 0) is 6.54 Å². The normalized spacial score (nSPS) is 12.3. The molecule has 2 aromatic rings. The Bertz CT molecular complexity index is 641. The number of benzene rings is 2. The number of nitrogens with two attached hydrogens (primary N) is 1. The van der Waals surface area contributed by atoms with Gasteiger partial charge in [-0.05, 0) is 48.7 Å². The summed E-state index contributed by atoms with van der Waals surface area (Å²) in [5.74, 6) is -0.225. The molecule has 0 heterocycles. The van der Waals surface area contributed by atoms with Crippen LogP contribution in [0.4, 0.5) is 10.1 Å². The first-order valence-electron chi connectivity index (χ1n) is 6.90. The zero-order valence-corrected chi connectivity index (χ0v) is 13.3. The van der Waals surface area contributed by atoms with Gasteiger partial charge in [0.05, 0.1) is 0 Å². The summed E-state index contributed by atoms with van der Waals surface area (Å²) in [5, 5.41) is 0.727. The van der Waals surface area contributed by atoms with E-state index in [2.05, 4.69) is 0 Å². The summed E-state index contributed by atoms with van der Waals surface area (Å²) in [7, 11) is 1.96. The van der Waals surface area contributed by atoms with E-state index in [1.807, 2.05) is 49.2 Å². The van der Waals surface area contributed by atoms with Crippen molar-refractivity contribution in [2.45, 2.75) is 26.4 Å². The molecule has 0 saturated carbocycles. The molecule has 1 atom stereocenters. The molecule has 0 aliphatic heterocycles. The monoisotopic (exact) mass is 306 g/mol. The third-order valence-corrected chi connectivity index (χ3v) is 3.94. The number of halogens is 2. The Hall–Kier alpha value is -1.58. The fraction of sp³-hybridized carbons (Fsp3) is 0.294. The van der Waals surface area contributed by atoms with Crippen LogP contribution in [0.15, 0.2) is 36.4 Å². The molecule has 2 nitrogen and oxygen atoms in total.